The van der Waals surface area contributed by atoms with Gasteiger partial charge in [-0.2, -0.15) is 0 Å². The predicted octanol–water partition coefficient (Wildman–Crippen LogP) is 1.26. The van der Waals surface area contributed by atoms with Crippen molar-refractivity contribution in [3.05, 3.63) is 48.6 Å². The Labute approximate surface area is 130 Å². The molecule has 0 spiro atoms. The Bertz CT molecular complexity index is 522. The number of carbonyl (C=O) groups excluding carboxylic acids is 2. The highest BCUT2D eigenvalue weighted by molar-refractivity contribution is 5.87. The van der Waals surface area contributed by atoms with Gasteiger partial charge in [-0.15, -0.1) is 0 Å². The second-order valence-electron chi connectivity index (χ2n) is 5.48. The molecule has 0 saturated carbocycles. The van der Waals surface area contributed by atoms with E-state index >= 15 is 0 Å². The fraction of sp³-hybridized carbons (Fsp3) is 0.412. The van der Waals surface area contributed by atoms with Crippen molar-refractivity contribution < 1.29 is 14.7 Å². The van der Waals surface area contributed by atoms with E-state index in [0.717, 1.165) is 5.56 Å². The first-order chi connectivity index (χ1) is 10.6. The number of aliphatic hydroxyl groups is 1. The maximum atomic E-state index is 12.1. The number of amides is 2. The summed E-state index contributed by atoms with van der Waals surface area (Å²) >= 11 is 0. The van der Waals surface area contributed by atoms with E-state index in [4.69, 9.17) is 0 Å². The van der Waals surface area contributed by atoms with Crippen LogP contribution in [0.5, 0.6) is 0 Å². The number of hydrogen-bond acceptors (Lipinski definition) is 3. The Morgan fingerprint density at radius 3 is 2.55 bits per heavy atom. The Morgan fingerprint density at radius 2 is 1.95 bits per heavy atom. The van der Waals surface area contributed by atoms with Gasteiger partial charge in [0.15, 0.2) is 0 Å². The Balaban J connectivity index is 1.77. The van der Waals surface area contributed by atoms with Crippen LogP contribution in [0, 0.1) is 5.92 Å². The molecule has 5 heteroatoms. The highest BCUT2D eigenvalue weighted by Crippen LogP contribution is 2.18. The number of likely N-dealkylation sites (tertiary alicyclic amines) is 1. The molecule has 1 fully saturated rings. The number of hydrogen-bond donors (Lipinski definition) is 2. The van der Waals surface area contributed by atoms with Crippen LogP contribution in [0.3, 0.4) is 0 Å². The van der Waals surface area contributed by atoms with E-state index in [0.29, 0.717) is 25.9 Å². The molecule has 0 bridgehead atoms. The Kier molecular flexibility index (Phi) is 5.72. The van der Waals surface area contributed by atoms with E-state index in [1.54, 1.807) is 4.90 Å². The molecule has 1 aromatic carbocycles. The van der Waals surface area contributed by atoms with Gasteiger partial charge < -0.3 is 15.3 Å². The van der Waals surface area contributed by atoms with Gasteiger partial charge in [0, 0.05) is 25.6 Å². The zero-order chi connectivity index (χ0) is 15.9. The summed E-state index contributed by atoms with van der Waals surface area (Å²) in [5.74, 6) is -0.240. The van der Waals surface area contributed by atoms with Crippen molar-refractivity contribution in [1.29, 1.82) is 0 Å². The molecule has 2 amide bonds. The quantitative estimate of drug-likeness (QED) is 0.805. The summed E-state index contributed by atoms with van der Waals surface area (Å²) in [6, 6.07) is 9.25. The monoisotopic (exact) mass is 302 g/mol. The lowest BCUT2D eigenvalue weighted by molar-refractivity contribution is -0.132. The molecule has 0 radical (unpaired) electrons. The summed E-state index contributed by atoms with van der Waals surface area (Å²) in [7, 11) is 0. The second kappa shape index (κ2) is 7.75. The number of piperidine rings is 1. The van der Waals surface area contributed by atoms with Crippen LogP contribution >= 0.6 is 0 Å². The summed E-state index contributed by atoms with van der Waals surface area (Å²) < 4.78 is 0. The molecule has 1 aliphatic heterocycles. The van der Waals surface area contributed by atoms with Crippen molar-refractivity contribution >= 4 is 11.8 Å². The molecule has 1 heterocycles. The van der Waals surface area contributed by atoms with Crippen molar-refractivity contribution in [3.63, 3.8) is 0 Å². The van der Waals surface area contributed by atoms with E-state index < -0.39 is 6.10 Å². The Hall–Kier alpha value is -2.14. The van der Waals surface area contributed by atoms with Gasteiger partial charge in [0.1, 0.15) is 0 Å². The molecule has 0 unspecified atom stereocenters. The van der Waals surface area contributed by atoms with Gasteiger partial charge in [0.05, 0.1) is 6.10 Å². The fourth-order valence-corrected chi connectivity index (χ4v) is 2.63. The standard InChI is InChI=1S/C17H22N2O3/c1-2-16(21)19-10-8-14(9-11-19)17(22)18-12-15(20)13-6-4-3-5-7-13/h2-7,14-15,20H,1,8-12H2,(H,18,22)/t15-/m1/s1. The first-order valence-electron chi connectivity index (χ1n) is 7.54. The number of nitrogens with zero attached hydrogens (tertiary/aromatic N) is 1. The van der Waals surface area contributed by atoms with E-state index in [2.05, 4.69) is 11.9 Å². The normalized spacial score (nSPS) is 16.9. The lowest BCUT2D eigenvalue weighted by Gasteiger charge is -2.30. The minimum atomic E-state index is -0.701. The second-order valence-corrected chi connectivity index (χ2v) is 5.48. The summed E-state index contributed by atoms with van der Waals surface area (Å²) in [6.45, 7) is 4.82. The zero-order valence-corrected chi connectivity index (χ0v) is 12.6. The first kappa shape index (κ1) is 16.2. The van der Waals surface area contributed by atoms with Crippen molar-refractivity contribution in [3.8, 4) is 0 Å². The molecule has 22 heavy (non-hydrogen) atoms. The fourth-order valence-electron chi connectivity index (χ4n) is 2.63. The van der Waals surface area contributed by atoms with Crippen LogP contribution in [0.4, 0.5) is 0 Å². The van der Waals surface area contributed by atoms with E-state index in [9.17, 15) is 14.7 Å². The number of aliphatic hydroxyl groups excluding tert-OH is 1. The van der Waals surface area contributed by atoms with Crippen molar-refractivity contribution in [2.75, 3.05) is 19.6 Å². The molecule has 5 nitrogen and oxygen atoms in total. The van der Waals surface area contributed by atoms with Gasteiger partial charge >= 0.3 is 0 Å². The van der Waals surface area contributed by atoms with E-state index in [1.807, 2.05) is 30.3 Å². The van der Waals surface area contributed by atoms with Crippen LogP contribution in [-0.4, -0.2) is 41.5 Å². The summed E-state index contributed by atoms with van der Waals surface area (Å²) in [5, 5.41) is 12.8. The number of rotatable bonds is 5. The van der Waals surface area contributed by atoms with Crippen LogP contribution in [0.15, 0.2) is 43.0 Å². The third kappa shape index (κ3) is 4.18. The van der Waals surface area contributed by atoms with Gasteiger partial charge in [-0.05, 0) is 24.5 Å². The number of nitrogens with one attached hydrogen (secondary N) is 1. The van der Waals surface area contributed by atoms with E-state index in [-0.39, 0.29) is 24.3 Å². The molecule has 1 aliphatic rings. The first-order valence-corrected chi connectivity index (χ1v) is 7.54. The molecule has 0 aliphatic carbocycles. The molecule has 118 valence electrons. The molecule has 1 saturated heterocycles. The SMILES string of the molecule is C=CC(=O)N1CCC(C(=O)NC[C@@H](O)c2ccccc2)CC1. The molecule has 0 aromatic heterocycles. The van der Waals surface area contributed by atoms with Crippen LogP contribution in [0.2, 0.25) is 0 Å². The molecule has 1 atom stereocenters. The molecular formula is C17H22N2O3. The van der Waals surface area contributed by atoms with Gasteiger partial charge in [0.2, 0.25) is 11.8 Å². The van der Waals surface area contributed by atoms with Crippen molar-refractivity contribution in [1.82, 2.24) is 10.2 Å². The van der Waals surface area contributed by atoms with Crippen molar-refractivity contribution in [2.24, 2.45) is 5.92 Å². The van der Waals surface area contributed by atoms with Gasteiger partial charge in [-0.1, -0.05) is 36.9 Å². The van der Waals surface area contributed by atoms with Gasteiger partial charge in [-0.3, -0.25) is 9.59 Å². The number of carbonyl (C=O) groups is 2. The van der Waals surface area contributed by atoms with Crippen LogP contribution < -0.4 is 5.32 Å². The third-order valence-electron chi connectivity index (χ3n) is 4.01. The summed E-state index contributed by atoms with van der Waals surface area (Å²) in [5.41, 5.74) is 0.786. The van der Waals surface area contributed by atoms with Crippen LogP contribution in [-0.2, 0) is 9.59 Å². The minimum absolute atomic E-state index is 0.0549. The van der Waals surface area contributed by atoms with Crippen LogP contribution in [0.1, 0.15) is 24.5 Å². The average Bonchev–Trinajstić information content (AvgIpc) is 2.59. The summed E-state index contributed by atoms with van der Waals surface area (Å²) in [6.07, 6.45) is 1.89. The average molecular weight is 302 g/mol. The maximum absolute atomic E-state index is 12.1. The number of benzene rings is 1. The Morgan fingerprint density at radius 1 is 1.32 bits per heavy atom. The highest BCUT2D eigenvalue weighted by atomic mass is 16.3. The van der Waals surface area contributed by atoms with Gasteiger partial charge in [-0.25, -0.2) is 0 Å². The third-order valence-corrected chi connectivity index (χ3v) is 4.01. The summed E-state index contributed by atoms with van der Waals surface area (Å²) in [4.78, 5) is 25.3. The lowest BCUT2D eigenvalue weighted by atomic mass is 9.95. The van der Waals surface area contributed by atoms with Gasteiger partial charge in [0.25, 0.3) is 0 Å². The predicted molar refractivity (Wildman–Crippen MR) is 83.9 cm³/mol. The largest absolute Gasteiger partial charge is 0.387 e. The van der Waals surface area contributed by atoms with E-state index in [1.165, 1.54) is 6.08 Å². The molecular weight excluding hydrogens is 280 g/mol. The minimum Gasteiger partial charge on any atom is -0.387 e. The smallest absolute Gasteiger partial charge is 0.245 e. The molecule has 2 rings (SSSR count). The highest BCUT2D eigenvalue weighted by Gasteiger charge is 2.26. The molecule has 1 aromatic rings. The molecule has 2 N–H and O–H groups in total. The van der Waals surface area contributed by atoms with Crippen LogP contribution in [0.25, 0.3) is 0 Å². The van der Waals surface area contributed by atoms with Crippen molar-refractivity contribution in [2.45, 2.75) is 18.9 Å². The topological polar surface area (TPSA) is 69.6 Å². The maximum Gasteiger partial charge on any atom is 0.245 e. The zero-order valence-electron chi connectivity index (χ0n) is 12.6. The lowest BCUT2D eigenvalue weighted by Crippen LogP contribution is -2.43.